The average Bonchev–Trinajstić information content (AvgIpc) is 3.23. The van der Waals surface area contributed by atoms with Gasteiger partial charge in [0.05, 0.1) is 25.8 Å². The van der Waals surface area contributed by atoms with Crippen LogP contribution in [0.5, 0.6) is 11.5 Å². The fourth-order valence-corrected chi connectivity index (χ4v) is 4.30. The number of methoxy groups -OCH3 is 2. The largest absolute Gasteiger partial charge is 0.493 e. The number of amides is 1. The molecule has 1 atom stereocenters. The molecule has 1 aliphatic rings. The lowest BCUT2D eigenvalue weighted by atomic mass is 10.0. The molecule has 6 heteroatoms. The first-order valence-corrected chi connectivity index (χ1v) is 10.6. The maximum atomic E-state index is 12.9. The maximum absolute atomic E-state index is 12.9. The molecule has 0 saturated carbocycles. The van der Waals surface area contributed by atoms with Gasteiger partial charge < -0.3 is 14.8 Å². The summed E-state index contributed by atoms with van der Waals surface area (Å²) >= 11 is 2.16. The highest BCUT2D eigenvalue weighted by molar-refractivity contribution is 14.1. The molecule has 1 fully saturated rings. The molecule has 28 heavy (non-hydrogen) atoms. The Balaban J connectivity index is 1.77. The van der Waals surface area contributed by atoms with Crippen molar-refractivity contribution in [2.45, 2.75) is 25.8 Å². The Bertz CT molecular complexity index is 817. The Hall–Kier alpha value is -1.80. The fourth-order valence-electron chi connectivity index (χ4n) is 3.61. The first-order chi connectivity index (χ1) is 13.5. The summed E-state index contributed by atoms with van der Waals surface area (Å²) in [5.41, 5.74) is 3.09. The highest BCUT2D eigenvalue weighted by atomic mass is 127. The van der Waals surface area contributed by atoms with E-state index in [2.05, 4.69) is 64.0 Å². The molecule has 1 saturated heterocycles. The van der Waals surface area contributed by atoms with Gasteiger partial charge in [-0.2, -0.15) is 0 Å². The molecular formula is C22H27IN2O3. The van der Waals surface area contributed by atoms with Crippen molar-refractivity contribution in [3.63, 3.8) is 0 Å². The highest BCUT2D eigenvalue weighted by Gasteiger charge is 2.24. The lowest BCUT2D eigenvalue weighted by molar-refractivity contribution is 0.0936. The number of hydrogen-bond donors (Lipinski definition) is 1. The van der Waals surface area contributed by atoms with Gasteiger partial charge in [-0.1, -0.05) is 29.8 Å². The van der Waals surface area contributed by atoms with Gasteiger partial charge in [0.1, 0.15) is 0 Å². The molecule has 0 aliphatic carbocycles. The molecule has 3 rings (SSSR count). The topological polar surface area (TPSA) is 50.8 Å². The van der Waals surface area contributed by atoms with Crippen LogP contribution in [0.25, 0.3) is 0 Å². The Morgan fingerprint density at radius 3 is 2.32 bits per heavy atom. The third-order valence-corrected chi connectivity index (χ3v) is 6.11. The predicted molar refractivity (Wildman–Crippen MR) is 119 cm³/mol. The minimum Gasteiger partial charge on any atom is -0.493 e. The number of likely N-dealkylation sites (tertiary alicyclic amines) is 1. The van der Waals surface area contributed by atoms with Gasteiger partial charge in [-0.25, -0.2) is 0 Å². The van der Waals surface area contributed by atoms with Gasteiger partial charge in [-0.15, -0.1) is 0 Å². The van der Waals surface area contributed by atoms with E-state index in [4.69, 9.17) is 9.47 Å². The van der Waals surface area contributed by atoms with Crippen LogP contribution in [0, 0.1) is 10.5 Å². The smallest absolute Gasteiger partial charge is 0.252 e. The number of aryl methyl sites for hydroxylation is 1. The van der Waals surface area contributed by atoms with Crippen LogP contribution in [-0.2, 0) is 0 Å². The lowest BCUT2D eigenvalue weighted by Crippen LogP contribution is -2.37. The predicted octanol–water partition coefficient (Wildman–Crippen LogP) is 4.18. The summed E-state index contributed by atoms with van der Waals surface area (Å²) < 4.78 is 11.5. The van der Waals surface area contributed by atoms with Crippen LogP contribution in [0.15, 0.2) is 36.4 Å². The van der Waals surface area contributed by atoms with Gasteiger partial charge in [-0.05, 0) is 73.1 Å². The SMILES string of the molecule is COc1cc(I)c(C(=O)NCC(c2ccc(C)cc2)N2CCCC2)cc1OC. The fraction of sp³-hybridized carbons (Fsp3) is 0.409. The third-order valence-electron chi connectivity index (χ3n) is 5.22. The van der Waals surface area contributed by atoms with Crippen molar-refractivity contribution in [1.29, 1.82) is 0 Å². The van der Waals surface area contributed by atoms with Crippen molar-refractivity contribution in [2.75, 3.05) is 33.9 Å². The summed E-state index contributed by atoms with van der Waals surface area (Å²) in [4.78, 5) is 15.4. The van der Waals surface area contributed by atoms with E-state index >= 15 is 0 Å². The zero-order chi connectivity index (χ0) is 20.1. The van der Waals surface area contributed by atoms with Crippen molar-refractivity contribution < 1.29 is 14.3 Å². The molecule has 0 bridgehead atoms. The van der Waals surface area contributed by atoms with E-state index in [9.17, 15) is 4.79 Å². The average molecular weight is 494 g/mol. The van der Waals surface area contributed by atoms with Crippen molar-refractivity contribution in [2.24, 2.45) is 0 Å². The summed E-state index contributed by atoms with van der Waals surface area (Å²) in [7, 11) is 3.17. The first-order valence-electron chi connectivity index (χ1n) is 9.54. The summed E-state index contributed by atoms with van der Waals surface area (Å²) in [5.74, 6) is 1.09. The highest BCUT2D eigenvalue weighted by Crippen LogP contribution is 2.31. The van der Waals surface area contributed by atoms with E-state index in [1.54, 1.807) is 20.3 Å². The molecule has 150 valence electrons. The first kappa shape index (κ1) is 20.9. The molecule has 0 radical (unpaired) electrons. The van der Waals surface area contributed by atoms with Gasteiger partial charge in [0.15, 0.2) is 11.5 Å². The maximum Gasteiger partial charge on any atom is 0.252 e. The van der Waals surface area contributed by atoms with Crippen molar-refractivity contribution in [3.05, 3.63) is 56.7 Å². The Kier molecular flexibility index (Phi) is 7.18. The van der Waals surface area contributed by atoms with Gasteiger partial charge in [-0.3, -0.25) is 9.69 Å². The van der Waals surface area contributed by atoms with Crippen LogP contribution in [0.4, 0.5) is 0 Å². The number of hydrogen-bond acceptors (Lipinski definition) is 4. The van der Waals surface area contributed by atoms with E-state index in [1.807, 2.05) is 6.07 Å². The monoisotopic (exact) mass is 494 g/mol. The standard InChI is InChI=1S/C22H27IN2O3/c1-15-6-8-16(9-7-15)19(25-10-4-5-11-25)14-24-22(26)17-12-20(27-2)21(28-3)13-18(17)23/h6-9,12-13,19H,4-5,10-11,14H2,1-3H3,(H,24,26). The zero-order valence-corrected chi connectivity index (χ0v) is 18.8. The minimum atomic E-state index is -0.0957. The second kappa shape index (κ2) is 9.60. The van der Waals surface area contributed by atoms with Crippen LogP contribution in [0.3, 0.4) is 0 Å². The normalized spacial score (nSPS) is 15.3. The number of halogens is 1. The van der Waals surface area contributed by atoms with Crippen LogP contribution < -0.4 is 14.8 Å². The second-order valence-electron chi connectivity index (χ2n) is 7.07. The van der Waals surface area contributed by atoms with E-state index in [-0.39, 0.29) is 11.9 Å². The van der Waals surface area contributed by atoms with Gasteiger partial charge in [0.25, 0.3) is 5.91 Å². The molecule has 1 unspecified atom stereocenters. The van der Waals surface area contributed by atoms with Crippen LogP contribution >= 0.6 is 22.6 Å². The molecule has 1 aliphatic heterocycles. The van der Waals surface area contributed by atoms with Crippen LogP contribution in [0.1, 0.15) is 40.4 Å². The second-order valence-corrected chi connectivity index (χ2v) is 8.23. The number of nitrogens with zero attached hydrogens (tertiary/aromatic N) is 1. The van der Waals surface area contributed by atoms with E-state index in [0.717, 1.165) is 16.7 Å². The number of carbonyl (C=O) groups excluding carboxylic acids is 1. The number of carbonyl (C=O) groups is 1. The summed E-state index contributed by atoms with van der Waals surface area (Å²) in [6, 6.07) is 12.4. The number of ether oxygens (including phenoxy) is 2. The summed E-state index contributed by atoms with van der Waals surface area (Å²) in [5, 5.41) is 3.14. The molecule has 0 aromatic heterocycles. The quantitative estimate of drug-likeness (QED) is 0.587. The number of rotatable bonds is 7. The van der Waals surface area contributed by atoms with Gasteiger partial charge in [0.2, 0.25) is 0 Å². The Morgan fingerprint density at radius 1 is 1.11 bits per heavy atom. The van der Waals surface area contributed by atoms with Crippen LogP contribution in [-0.4, -0.2) is 44.7 Å². The van der Waals surface area contributed by atoms with Crippen molar-refractivity contribution in [1.82, 2.24) is 10.2 Å². The Labute approximate surface area is 180 Å². The van der Waals surface area contributed by atoms with Gasteiger partial charge >= 0.3 is 0 Å². The molecule has 2 aromatic rings. The lowest BCUT2D eigenvalue weighted by Gasteiger charge is -2.28. The number of nitrogens with one attached hydrogen (secondary N) is 1. The molecule has 2 aromatic carbocycles. The molecule has 5 nitrogen and oxygen atoms in total. The number of benzene rings is 2. The van der Waals surface area contributed by atoms with Crippen molar-refractivity contribution in [3.8, 4) is 11.5 Å². The van der Waals surface area contributed by atoms with E-state index < -0.39 is 0 Å². The minimum absolute atomic E-state index is 0.0957. The van der Waals surface area contributed by atoms with Gasteiger partial charge in [0, 0.05) is 10.1 Å². The van der Waals surface area contributed by atoms with E-state index in [0.29, 0.717) is 23.6 Å². The molecule has 1 heterocycles. The third kappa shape index (κ3) is 4.78. The molecule has 0 spiro atoms. The van der Waals surface area contributed by atoms with Crippen LogP contribution in [0.2, 0.25) is 0 Å². The van der Waals surface area contributed by atoms with E-state index in [1.165, 1.54) is 24.0 Å². The molecule has 1 N–H and O–H groups in total. The Morgan fingerprint density at radius 2 is 1.71 bits per heavy atom. The zero-order valence-electron chi connectivity index (χ0n) is 16.6. The summed E-state index contributed by atoms with van der Waals surface area (Å²) in [6.07, 6.45) is 2.42. The molecule has 1 amide bonds. The summed E-state index contributed by atoms with van der Waals surface area (Å²) in [6.45, 7) is 4.81. The molecular weight excluding hydrogens is 467 g/mol. The van der Waals surface area contributed by atoms with Crippen molar-refractivity contribution >= 4 is 28.5 Å².